The number of carboxylic acid groups (broad SMARTS) is 1. The Balaban J connectivity index is 1.58. The molecule has 4 heterocycles. The molecule has 0 aliphatic heterocycles. The van der Waals surface area contributed by atoms with Crippen LogP contribution in [0.15, 0.2) is 44.0 Å². The van der Waals surface area contributed by atoms with Crippen molar-refractivity contribution in [1.29, 1.82) is 0 Å². The molecule has 27 heavy (non-hydrogen) atoms. The van der Waals surface area contributed by atoms with Gasteiger partial charge in [-0.25, -0.2) is 4.79 Å². The fourth-order valence-electron chi connectivity index (χ4n) is 2.36. The van der Waals surface area contributed by atoms with Crippen LogP contribution in [0.1, 0.15) is 18.9 Å². The normalized spacial score (nSPS) is 12.3. The number of thiophene rings is 2. The molecule has 4 rings (SSSR count). The Kier molecular flexibility index (Phi) is 5.05. The number of nitrogens with zero attached hydrogens (tertiary/aromatic N) is 5. The van der Waals surface area contributed by atoms with Gasteiger partial charge in [0.15, 0.2) is 11.0 Å². The zero-order chi connectivity index (χ0) is 18.8. The van der Waals surface area contributed by atoms with Crippen LogP contribution in [0, 0.1) is 0 Å². The van der Waals surface area contributed by atoms with E-state index in [0.717, 1.165) is 10.4 Å². The van der Waals surface area contributed by atoms with Crippen molar-refractivity contribution in [1.82, 2.24) is 24.9 Å². The van der Waals surface area contributed by atoms with Crippen molar-refractivity contribution in [2.75, 3.05) is 0 Å². The molecule has 0 fully saturated rings. The Morgan fingerprint density at radius 3 is 2.96 bits per heavy atom. The fourth-order valence-corrected chi connectivity index (χ4v) is 4.55. The summed E-state index contributed by atoms with van der Waals surface area (Å²) < 4.78 is 6.91. The summed E-state index contributed by atoms with van der Waals surface area (Å²) in [6.45, 7) is 1.61. The highest BCUT2D eigenvalue weighted by Crippen LogP contribution is 2.32. The molecule has 0 spiro atoms. The molecule has 0 aromatic carbocycles. The highest BCUT2D eigenvalue weighted by atomic mass is 32.2. The third-order valence-electron chi connectivity index (χ3n) is 3.72. The molecule has 0 amide bonds. The van der Waals surface area contributed by atoms with Crippen LogP contribution in [0.25, 0.3) is 22.1 Å². The Hall–Kier alpha value is -2.50. The topological polar surface area (TPSA) is 107 Å². The van der Waals surface area contributed by atoms with Crippen LogP contribution in [-0.2, 0) is 10.5 Å². The van der Waals surface area contributed by atoms with Gasteiger partial charge in [0.25, 0.3) is 0 Å². The van der Waals surface area contributed by atoms with Gasteiger partial charge in [-0.15, -0.1) is 21.5 Å². The van der Waals surface area contributed by atoms with Crippen LogP contribution in [0.5, 0.6) is 0 Å². The van der Waals surface area contributed by atoms with Crippen molar-refractivity contribution in [3.05, 3.63) is 40.2 Å². The second kappa shape index (κ2) is 7.62. The SMILES string of the molecule is C[C@H](C(=O)O)n1c(SCc2nc(-c3ccsc3)no2)nnc1-c1cccs1. The van der Waals surface area contributed by atoms with Crippen molar-refractivity contribution < 1.29 is 14.4 Å². The van der Waals surface area contributed by atoms with E-state index in [9.17, 15) is 9.90 Å². The predicted octanol–water partition coefficient (Wildman–Crippen LogP) is 4.06. The summed E-state index contributed by atoms with van der Waals surface area (Å²) in [5, 5.41) is 28.1. The second-order valence-electron chi connectivity index (χ2n) is 5.48. The van der Waals surface area contributed by atoms with Gasteiger partial charge < -0.3 is 9.63 Å². The predicted molar refractivity (Wildman–Crippen MR) is 103 cm³/mol. The molecule has 0 bridgehead atoms. The average molecular weight is 420 g/mol. The fraction of sp³-hybridized carbons (Fsp3) is 0.188. The van der Waals surface area contributed by atoms with Crippen molar-refractivity contribution in [3.8, 4) is 22.1 Å². The van der Waals surface area contributed by atoms with E-state index >= 15 is 0 Å². The minimum absolute atomic E-state index is 0.367. The number of rotatable bonds is 7. The maximum absolute atomic E-state index is 11.6. The van der Waals surface area contributed by atoms with Crippen LogP contribution >= 0.6 is 34.4 Å². The van der Waals surface area contributed by atoms with Crippen LogP contribution in [0.2, 0.25) is 0 Å². The summed E-state index contributed by atoms with van der Waals surface area (Å²) in [7, 11) is 0. The maximum atomic E-state index is 11.6. The zero-order valence-corrected chi connectivity index (χ0v) is 16.4. The van der Waals surface area contributed by atoms with Crippen LogP contribution in [-0.4, -0.2) is 36.0 Å². The van der Waals surface area contributed by atoms with Gasteiger partial charge in [-0.1, -0.05) is 23.0 Å². The molecule has 0 aliphatic carbocycles. The lowest BCUT2D eigenvalue weighted by Gasteiger charge is -2.13. The number of thioether (sulfide) groups is 1. The molecular formula is C16H13N5O3S3. The monoisotopic (exact) mass is 419 g/mol. The number of aliphatic carboxylic acids is 1. The summed E-state index contributed by atoms with van der Waals surface area (Å²) in [6.07, 6.45) is 0. The van der Waals surface area contributed by atoms with E-state index in [0.29, 0.717) is 28.4 Å². The Morgan fingerprint density at radius 1 is 1.37 bits per heavy atom. The Morgan fingerprint density at radius 2 is 2.26 bits per heavy atom. The van der Waals surface area contributed by atoms with Gasteiger partial charge in [0, 0.05) is 10.9 Å². The summed E-state index contributed by atoms with van der Waals surface area (Å²) in [5.74, 6) is 0.924. The van der Waals surface area contributed by atoms with Crippen molar-refractivity contribution >= 4 is 40.4 Å². The second-order valence-corrected chi connectivity index (χ2v) is 8.15. The van der Waals surface area contributed by atoms with Crippen molar-refractivity contribution in [3.63, 3.8) is 0 Å². The van der Waals surface area contributed by atoms with Gasteiger partial charge in [0.1, 0.15) is 6.04 Å². The van der Waals surface area contributed by atoms with Gasteiger partial charge in [0.05, 0.1) is 10.6 Å². The molecule has 0 aliphatic rings. The minimum Gasteiger partial charge on any atom is -0.480 e. The molecule has 0 saturated carbocycles. The first-order valence-corrected chi connectivity index (χ1v) is 10.6. The molecule has 1 atom stereocenters. The van der Waals surface area contributed by atoms with E-state index in [1.807, 2.05) is 34.3 Å². The molecule has 0 saturated heterocycles. The minimum atomic E-state index is -0.952. The van der Waals surface area contributed by atoms with Gasteiger partial charge >= 0.3 is 5.97 Å². The van der Waals surface area contributed by atoms with Crippen molar-refractivity contribution in [2.45, 2.75) is 23.9 Å². The maximum Gasteiger partial charge on any atom is 0.326 e. The summed E-state index contributed by atoms with van der Waals surface area (Å²) in [6, 6.07) is 4.90. The van der Waals surface area contributed by atoms with Gasteiger partial charge in [-0.3, -0.25) is 4.57 Å². The van der Waals surface area contributed by atoms with Gasteiger partial charge in [-0.2, -0.15) is 16.3 Å². The zero-order valence-electron chi connectivity index (χ0n) is 14.0. The third-order valence-corrected chi connectivity index (χ3v) is 6.20. The lowest BCUT2D eigenvalue weighted by molar-refractivity contribution is -0.140. The highest BCUT2D eigenvalue weighted by Gasteiger charge is 2.24. The molecule has 1 N–H and O–H groups in total. The Labute approximate surface area is 165 Å². The number of carbonyl (C=O) groups is 1. The summed E-state index contributed by atoms with van der Waals surface area (Å²) >= 11 is 4.36. The lowest BCUT2D eigenvalue weighted by Crippen LogP contribution is -2.17. The van der Waals surface area contributed by atoms with E-state index in [1.165, 1.54) is 23.1 Å². The lowest BCUT2D eigenvalue weighted by atomic mass is 10.3. The number of hydrogen-bond acceptors (Lipinski definition) is 9. The number of carboxylic acids is 1. The largest absolute Gasteiger partial charge is 0.480 e. The first kappa shape index (κ1) is 17.9. The smallest absolute Gasteiger partial charge is 0.326 e. The first-order valence-electron chi connectivity index (χ1n) is 7.83. The highest BCUT2D eigenvalue weighted by molar-refractivity contribution is 7.98. The first-order chi connectivity index (χ1) is 13.1. The molecule has 0 unspecified atom stereocenters. The standard InChI is InChI=1S/C16H13N5O3S3/c1-9(15(22)23)21-14(11-3-2-5-26-11)18-19-16(21)27-8-12-17-13(20-24-12)10-4-6-25-7-10/h2-7,9H,8H2,1H3,(H,22,23)/t9-/m1/s1. The van der Waals surface area contributed by atoms with E-state index in [4.69, 9.17) is 4.52 Å². The molecule has 0 radical (unpaired) electrons. The van der Waals surface area contributed by atoms with E-state index in [2.05, 4.69) is 20.3 Å². The molecule has 4 aromatic heterocycles. The third kappa shape index (κ3) is 3.66. The van der Waals surface area contributed by atoms with Crippen LogP contribution in [0.3, 0.4) is 0 Å². The van der Waals surface area contributed by atoms with Gasteiger partial charge in [0.2, 0.25) is 11.7 Å². The molecule has 8 nitrogen and oxygen atoms in total. The van der Waals surface area contributed by atoms with Crippen LogP contribution < -0.4 is 0 Å². The van der Waals surface area contributed by atoms with Gasteiger partial charge in [-0.05, 0) is 29.8 Å². The average Bonchev–Trinajstić information content (AvgIpc) is 3.46. The van der Waals surface area contributed by atoms with E-state index in [1.54, 1.807) is 22.8 Å². The Bertz CT molecular complexity index is 1040. The molecule has 11 heteroatoms. The van der Waals surface area contributed by atoms with E-state index < -0.39 is 12.0 Å². The van der Waals surface area contributed by atoms with E-state index in [-0.39, 0.29) is 0 Å². The number of aromatic nitrogens is 5. The summed E-state index contributed by atoms with van der Waals surface area (Å²) in [5.41, 5.74) is 0.905. The number of hydrogen-bond donors (Lipinski definition) is 1. The van der Waals surface area contributed by atoms with Crippen LogP contribution in [0.4, 0.5) is 0 Å². The van der Waals surface area contributed by atoms with Crippen molar-refractivity contribution in [2.24, 2.45) is 0 Å². The quantitative estimate of drug-likeness (QED) is 0.447. The molecule has 138 valence electrons. The molecular weight excluding hydrogens is 406 g/mol. The molecule has 4 aromatic rings. The summed E-state index contributed by atoms with van der Waals surface area (Å²) in [4.78, 5) is 16.8.